The highest BCUT2D eigenvalue weighted by atomic mass is 32.2. The summed E-state index contributed by atoms with van der Waals surface area (Å²) in [7, 11) is -4.18. The summed E-state index contributed by atoms with van der Waals surface area (Å²) in [5.74, 6) is 0.615. The topological polar surface area (TPSA) is 136 Å². The summed E-state index contributed by atoms with van der Waals surface area (Å²) in [6.45, 7) is 14.3. The maximum atomic E-state index is 14.3. The zero-order chi connectivity index (χ0) is 33.9. The molecule has 11 nitrogen and oxygen atoms in total. The number of ether oxygens (including phenoxy) is 2. The van der Waals surface area contributed by atoms with Crippen LogP contribution in [0.4, 0.5) is 5.95 Å². The first kappa shape index (κ1) is 33.8. The van der Waals surface area contributed by atoms with Gasteiger partial charge in [0.2, 0.25) is 11.8 Å². The molecule has 2 aromatic carbocycles. The fourth-order valence-electron chi connectivity index (χ4n) is 5.50. The van der Waals surface area contributed by atoms with Crippen LogP contribution in [0, 0.1) is 19.3 Å². The summed E-state index contributed by atoms with van der Waals surface area (Å²) in [5.41, 5.74) is 3.30. The van der Waals surface area contributed by atoms with Gasteiger partial charge in [0.1, 0.15) is 12.4 Å². The second kappa shape index (κ2) is 13.6. The molecule has 12 heteroatoms. The van der Waals surface area contributed by atoms with Crippen molar-refractivity contribution >= 4 is 21.9 Å². The molecule has 0 aliphatic carbocycles. The number of hydrogen-bond donors (Lipinski definition) is 1. The van der Waals surface area contributed by atoms with Crippen molar-refractivity contribution in [2.24, 2.45) is 5.41 Å². The van der Waals surface area contributed by atoms with E-state index in [0.717, 1.165) is 23.1 Å². The van der Waals surface area contributed by atoms with Gasteiger partial charge in [0.25, 0.3) is 15.9 Å². The number of nitrogens with zero attached hydrogens (tertiary/aromatic N) is 5. The third-order valence-corrected chi connectivity index (χ3v) is 9.26. The number of anilines is 1. The lowest BCUT2D eigenvalue weighted by atomic mass is 9.87. The molecular weight excluding hydrogens is 616 g/mol. The SMILES string of the molecule is CCC(C)Oc1cnc(CN2C(=O)c3cccc(c3)S(=O)(=O)Nc3nc(cc(-c4c(C)cccc4C)n3)OC[C@H]2CC(C)(C)C)nc1. The molecule has 2 aromatic heterocycles. The highest BCUT2D eigenvalue weighted by Crippen LogP contribution is 2.31. The van der Waals surface area contributed by atoms with E-state index >= 15 is 0 Å². The van der Waals surface area contributed by atoms with Crippen molar-refractivity contribution in [1.29, 1.82) is 0 Å². The van der Waals surface area contributed by atoms with Gasteiger partial charge in [-0.15, -0.1) is 0 Å². The van der Waals surface area contributed by atoms with Crippen LogP contribution < -0.4 is 14.2 Å². The van der Waals surface area contributed by atoms with E-state index < -0.39 is 16.1 Å². The van der Waals surface area contributed by atoms with Crippen molar-refractivity contribution in [3.63, 3.8) is 0 Å². The van der Waals surface area contributed by atoms with Gasteiger partial charge < -0.3 is 14.4 Å². The van der Waals surface area contributed by atoms with Crippen molar-refractivity contribution in [3.8, 4) is 22.9 Å². The Kier molecular flexibility index (Phi) is 9.81. The molecule has 2 atom stereocenters. The van der Waals surface area contributed by atoms with Crippen LogP contribution in [-0.4, -0.2) is 57.9 Å². The summed E-state index contributed by atoms with van der Waals surface area (Å²) in [6.07, 6.45) is 4.61. The maximum absolute atomic E-state index is 14.3. The second-order valence-electron chi connectivity index (χ2n) is 13.1. The monoisotopic (exact) mass is 658 g/mol. The van der Waals surface area contributed by atoms with E-state index in [1.54, 1.807) is 35.5 Å². The molecule has 1 amide bonds. The standard InChI is InChI=1S/C35H42N6O5S/c1-8-24(4)46-27-18-36-30(37-19-27)20-41-26(17-35(5,6)7)21-45-31-16-29(32-22(2)11-9-12-23(32)3)38-34(39-31)40-47(43,44)28-14-10-13-25(15-28)33(41)42/h9-16,18-19,24,26H,8,17,20-21H2,1-7H3,(H,38,39,40)/t24?,26-/m1/s1. The van der Waals surface area contributed by atoms with Crippen LogP contribution in [-0.2, 0) is 16.6 Å². The highest BCUT2D eigenvalue weighted by Gasteiger charge is 2.32. The summed E-state index contributed by atoms with van der Waals surface area (Å²) in [6, 6.07) is 13.1. The average Bonchev–Trinajstić information content (AvgIpc) is 3.01. The van der Waals surface area contributed by atoms with Gasteiger partial charge >= 0.3 is 0 Å². The molecule has 1 unspecified atom stereocenters. The zero-order valence-electron chi connectivity index (χ0n) is 27.9. The van der Waals surface area contributed by atoms with Gasteiger partial charge in [0.05, 0.1) is 41.7 Å². The van der Waals surface area contributed by atoms with Crippen molar-refractivity contribution in [2.75, 3.05) is 11.3 Å². The van der Waals surface area contributed by atoms with E-state index in [1.165, 1.54) is 12.1 Å². The lowest BCUT2D eigenvalue weighted by Gasteiger charge is -2.35. The Labute approximate surface area is 276 Å². The predicted octanol–water partition coefficient (Wildman–Crippen LogP) is 6.37. The number of hydrogen-bond acceptors (Lipinski definition) is 9. The van der Waals surface area contributed by atoms with Gasteiger partial charge in [0.15, 0.2) is 5.75 Å². The largest absolute Gasteiger partial charge is 0.487 e. The average molecular weight is 659 g/mol. The molecule has 47 heavy (non-hydrogen) atoms. The number of rotatable bonds is 7. The lowest BCUT2D eigenvalue weighted by molar-refractivity contribution is 0.0505. The second-order valence-corrected chi connectivity index (χ2v) is 14.8. The van der Waals surface area contributed by atoms with E-state index in [-0.39, 0.29) is 52.9 Å². The summed E-state index contributed by atoms with van der Waals surface area (Å²) in [4.78, 5) is 33.9. The van der Waals surface area contributed by atoms with E-state index in [9.17, 15) is 13.2 Å². The van der Waals surface area contributed by atoms with E-state index in [1.807, 2.05) is 45.9 Å². The smallest absolute Gasteiger partial charge is 0.264 e. The first-order chi connectivity index (χ1) is 22.2. The Bertz CT molecular complexity index is 1840. The molecule has 1 aliphatic rings. The van der Waals surface area contributed by atoms with Crippen LogP contribution in [0.25, 0.3) is 11.3 Å². The number of nitrogens with one attached hydrogen (secondary N) is 1. The van der Waals surface area contributed by atoms with Gasteiger partial charge in [-0.2, -0.15) is 4.98 Å². The van der Waals surface area contributed by atoms with E-state index in [0.29, 0.717) is 23.7 Å². The van der Waals surface area contributed by atoms with Gasteiger partial charge in [-0.25, -0.2) is 28.1 Å². The fraction of sp³-hybridized carbons (Fsp3) is 0.400. The first-order valence-electron chi connectivity index (χ1n) is 15.7. The maximum Gasteiger partial charge on any atom is 0.264 e. The van der Waals surface area contributed by atoms with Crippen LogP contribution in [0.15, 0.2) is 65.8 Å². The van der Waals surface area contributed by atoms with Crippen LogP contribution in [0.3, 0.4) is 0 Å². The Morgan fingerprint density at radius 2 is 1.72 bits per heavy atom. The molecule has 0 fully saturated rings. The zero-order valence-corrected chi connectivity index (χ0v) is 28.8. The molecule has 248 valence electrons. The lowest BCUT2D eigenvalue weighted by Crippen LogP contribution is -2.45. The number of carbonyl (C=O) groups excluding carboxylic acids is 1. The summed E-state index contributed by atoms with van der Waals surface area (Å²) in [5, 5.41) is 0. The minimum atomic E-state index is -4.18. The van der Waals surface area contributed by atoms with E-state index in [4.69, 9.17) is 9.47 Å². The van der Waals surface area contributed by atoms with Gasteiger partial charge in [0, 0.05) is 17.2 Å². The molecule has 0 radical (unpaired) electrons. The van der Waals surface area contributed by atoms with Crippen LogP contribution in [0.1, 0.15) is 74.8 Å². The van der Waals surface area contributed by atoms with Crippen LogP contribution >= 0.6 is 0 Å². The van der Waals surface area contributed by atoms with Gasteiger partial charge in [-0.3, -0.25) is 4.79 Å². The Balaban J connectivity index is 1.62. The first-order valence-corrected chi connectivity index (χ1v) is 17.2. The van der Waals surface area contributed by atoms with Crippen molar-refractivity contribution in [2.45, 2.75) is 84.9 Å². The molecule has 4 aromatic rings. The number of carbonyl (C=O) groups is 1. The molecule has 0 saturated carbocycles. The molecule has 5 rings (SSSR count). The van der Waals surface area contributed by atoms with Gasteiger partial charge in [-0.05, 0) is 68.4 Å². The third-order valence-electron chi connectivity index (χ3n) is 7.94. The number of sulfonamides is 1. The van der Waals surface area contributed by atoms with E-state index in [2.05, 4.69) is 45.4 Å². The Morgan fingerprint density at radius 1 is 1.04 bits per heavy atom. The quantitative estimate of drug-likeness (QED) is 0.240. The molecule has 0 spiro atoms. The van der Waals surface area contributed by atoms with Crippen molar-refractivity contribution in [1.82, 2.24) is 24.8 Å². The Hall–Kier alpha value is -4.58. The van der Waals surface area contributed by atoms with Crippen LogP contribution in [0.2, 0.25) is 0 Å². The summed E-state index contributed by atoms with van der Waals surface area (Å²) < 4.78 is 41.9. The normalized spacial score (nSPS) is 17.0. The van der Waals surface area contributed by atoms with Gasteiger partial charge in [-0.1, -0.05) is 52.0 Å². The minimum Gasteiger partial charge on any atom is -0.487 e. The van der Waals surface area contributed by atoms with Crippen molar-refractivity contribution < 1.29 is 22.7 Å². The molecule has 0 saturated heterocycles. The molecule has 1 aliphatic heterocycles. The molecule has 4 bridgehead atoms. The third kappa shape index (κ3) is 8.23. The molecule has 3 heterocycles. The summed E-state index contributed by atoms with van der Waals surface area (Å²) >= 11 is 0. The number of amides is 1. The predicted molar refractivity (Wildman–Crippen MR) is 180 cm³/mol. The van der Waals surface area contributed by atoms with Crippen molar-refractivity contribution in [3.05, 3.63) is 83.4 Å². The molecule has 1 N–H and O–H groups in total. The number of aromatic nitrogens is 4. The number of fused-ring (bicyclic) bond motifs is 4. The minimum absolute atomic E-state index is 0.00840. The Morgan fingerprint density at radius 3 is 2.38 bits per heavy atom. The number of aryl methyl sites for hydroxylation is 2. The fourth-order valence-corrected chi connectivity index (χ4v) is 6.49. The molecular formula is C35H42N6O5S. The number of benzene rings is 2. The highest BCUT2D eigenvalue weighted by molar-refractivity contribution is 7.92. The van der Waals surface area contributed by atoms with Crippen LogP contribution in [0.5, 0.6) is 11.6 Å².